The van der Waals surface area contributed by atoms with Crippen LogP contribution in [0.1, 0.15) is 56.9 Å². The van der Waals surface area contributed by atoms with Crippen LogP contribution in [0.15, 0.2) is 30.9 Å². The second-order valence-electron chi connectivity index (χ2n) is 9.33. The zero-order chi connectivity index (χ0) is 24.6. The fraction of sp³-hybridized carbons (Fsp3) is 0.500. The van der Waals surface area contributed by atoms with Crippen LogP contribution in [0.3, 0.4) is 0 Å². The number of aliphatic hydroxyl groups is 1. The average Bonchev–Trinajstić information content (AvgIpc) is 3.46. The number of nitrogens with one attached hydrogen (secondary N) is 1. The number of piperidine rings is 1. The lowest BCUT2D eigenvalue weighted by molar-refractivity contribution is -0.141. The van der Waals surface area contributed by atoms with Crippen LogP contribution in [0, 0.1) is 5.92 Å². The van der Waals surface area contributed by atoms with E-state index in [1.54, 1.807) is 9.42 Å². The second kappa shape index (κ2) is 9.46. The molecule has 182 valence electrons. The molecule has 10 nitrogen and oxygen atoms in total. The molecule has 3 atom stereocenters. The van der Waals surface area contributed by atoms with Crippen molar-refractivity contribution in [1.29, 1.82) is 0 Å². The molecule has 3 aromatic heterocycles. The van der Waals surface area contributed by atoms with E-state index < -0.39 is 12.0 Å². The fourth-order valence-electron chi connectivity index (χ4n) is 4.61. The zero-order valence-corrected chi connectivity index (χ0v) is 20.1. The molecule has 1 aliphatic rings. The van der Waals surface area contributed by atoms with Gasteiger partial charge in [-0.1, -0.05) is 6.92 Å². The molecule has 4 heterocycles. The highest BCUT2D eigenvalue weighted by Crippen LogP contribution is 2.32. The van der Waals surface area contributed by atoms with Crippen molar-refractivity contribution in [3.8, 4) is 11.1 Å². The summed E-state index contributed by atoms with van der Waals surface area (Å²) in [7, 11) is 0. The van der Waals surface area contributed by atoms with Gasteiger partial charge >= 0.3 is 0 Å². The normalized spacial score (nSPS) is 19.5. The van der Waals surface area contributed by atoms with Crippen LogP contribution in [-0.2, 0) is 4.79 Å². The van der Waals surface area contributed by atoms with Crippen LogP contribution < -0.4 is 11.1 Å². The van der Waals surface area contributed by atoms with E-state index >= 15 is 0 Å². The van der Waals surface area contributed by atoms with E-state index in [0.717, 1.165) is 23.1 Å². The van der Waals surface area contributed by atoms with Crippen molar-refractivity contribution in [2.75, 3.05) is 18.4 Å². The van der Waals surface area contributed by atoms with Crippen molar-refractivity contribution >= 4 is 23.0 Å². The van der Waals surface area contributed by atoms with Crippen molar-refractivity contribution < 1.29 is 14.7 Å². The third-order valence-electron chi connectivity index (χ3n) is 6.62. The maximum absolute atomic E-state index is 12.3. The molecule has 34 heavy (non-hydrogen) atoms. The number of amides is 2. The van der Waals surface area contributed by atoms with Crippen LogP contribution in [0.2, 0.25) is 0 Å². The summed E-state index contributed by atoms with van der Waals surface area (Å²) in [5, 5.41) is 22.1. The second-order valence-corrected chi connectivity index (χ2v) is 9.33. The van der Waals surface area contributed by atoms with E-state index in [1.165, 1.54) is 13.1 Å². The van der Waals surface area contributed by atoms with Gasteiger partial charge in [-0.2, -0.15) is 10.2 Å². The number of aliphatic hydroxyl groups excluding tert-OH is 1. The summed E-state index contributed by atoms with van der Waals surface area (Å²) in [5.74, 6) is -0.647. The Morgan fingerprint density at radius 3 is 2.59 bits per heavy atom. The van der Waals surface area contributed by atoms with Gasteiger partial charge in [-0.15, -0.1) is 0 Å². The molecule has 0 radical (unpaired) electrons. The van der Waals surface area contributed by atoms with E-state index in [9.17, 15) is 14.7 Å². The molecular formula is C24H33N7O3. The minimum atomic E-state index is -1.01. The van der Waals surface area contributed by atoms with Crippen LogP contribution in [0.5, 0.6) is 0 Å². The van der Waals surface area contributed by atoms with Gasteiger partial charge < -0.3 is 21.1 Å². The Hall–Kier alpha value is -3.40. The van der Waals surface area contributed by atoms with Crippen LogP contribution in [-0.4, -0.2) is 66.5 Å². The number of carbonyl (C=O) groups excluding carboxylic acids is 2. The summed E-state index contributed by atoms with van der Waals surface area (Å²) >= 11 is 0. The number of hydrogen-bond acceptors (Lipinski definition) is 6. The molecule has 1 saturated heterocycles. The van der Waals surface area contributed by atoms with Gasteiger partial charge in [0.25, 0.3) is 11.8 Å². The average molecular weight is 468 g/mol. The molecule has 3 aromatic rings. The molecule has 0 aliphatic carbocycles. The van der Waals surface area contributed by atoms with Crippen molar-refractivity contribution in [3.05, 3.63) is 36.4 Å². The highest BCUT2D eigenvalue weighted by molar-refractivity contribution is 6.02. The van der Waals surface area contributed by atoms with Crippen LogP contribution in [0.4, 0.5) is 5.69 Å². The number of rotatable bonds is 7. The lowest BCUT2D eigenvalue weighted by atomic mass is 9.89. The lowest BCUT2D eigenvalue weighted by Crippen LogP contribution is -2.50. The van der Waals surface area contributed by atoms with Gasteiger partial charge in [0.15, 0.2) is 0 Å². The summed E-state index contributed by atoms with van der Waals surface area (Å²) in [5.41, 5.74) is 9.32. The highest BCUT2D eigenvalue weighted by Gasteiger charge is 2.32. The van der Waals surface area contributed by atoms with E-state index in [2.05, 4.69) is 36.3 Å². The topological polar surface area (TPSA) is 131 Å². The molecule has 0 spiro atoms. The number of hydrogen-bond donors (Lipinski definition) is 3. The summed E-state index contributed by atoms with van der Waals surface area (Å²) < 4.78 is 3.64. The van der Waals surface area contributed by atoms with Gasteiger partial charge in [-0.25, -0.2) is 4.52 Å². The van der Waals surface area contributed by atoms with Crippen molar-refractivity contribution in [1.82, 2.24) is 24.3 Å². The molecule has 1 aliphatic heterocycles. The van der Waals surface area contributed by atoms with Gasteiger partial charge in [-0.3, -0.25) is 14.3 Å². The summed E-state index contributed by atoms with van der Waals surface area (Å²) in [6.45, 7) is 8.79. The molecule has 4 N–H and O–H groups in total. The first kappa shape index (κ1) is 23.7. The Morgan fingerprint density at radius 2 is 1.97 bits per heavy atom. The highest BCUT2D eigenvalue weighted by atomic mass is 16.3. The monoisotopic (exact) mass is 467 g/mol. The smallest absolute Gasteiger partial charge is 0.252 e. The fourth-order valence-corrected chi connectivity index (χ4v) is 4.61. The summed E-state index contributed by atoms with van der Waals surface area (Å²) in [4.78, 5) is 26.3. The Morgan fingerprint density at radius 1 is 1.21 bits per heavy atom. The predicted octanol–water partition coefficient (Wildman–Crippen LogP) is 2.30. The number of anilines is 1. The minimum Gasteiger partial charge on any atom is -0.384 e. The van der Waals surface area contributed by atoms with Gasteiger partial charge in [0.2, 0.25) is 0 Å². The molecule has 4 rings (SSSR count). The minimum absolute atomic E-state index is 0.0365. The Balaban J connectivity index is 1.68. The number of carbonyl (C=O) groups is 2. The van der Waals surface area contributed by atoms with E-state index in [0.29, 0.717) is 30.8 Å². The lowest BCUT2D eigenvalue weighted by Gasteiger charge is -2.39. The Labute approximate surface area is 198 Å². The molecular weight excluding hydrogens is 434 g/mol. The molecule has 1 fully saturated rings. The first-order valence-corrected chi connectivity index (χ1v) is 11.8. The van der Waals surface area contributed by atoms with Crippen molar-refractivity contribution in [2.24, 2.45) is 11.7 Å². The van der Waals surface area contributed by atoms with Crippen molar-refractivity contribution in [2.45, 2.75) is 58.7 Å². The quantitative estimate of drug-likeness (QED) is 0.489. The third-order valence-corrected chi connectivity index (χ3v) is 6.62. The van der Waals surface area contributed by atoms with E-state index in [1.807, 2.05) is 29.3 Å². The van der Waals surface area contributed by atoms with E-state index in [-0.39, 0.29) is 23.9 Å². The predicted molar refractivity (Wildman–Crippen MR) is 129 cm³/mol. The largest absolute Gasteiger partial charge is 0.384 e. The standard InChI is InChI=1S/C24H33N7O3/c1-5-16-11-29(24(34)15(4)32)7-6-20(16)28-22-19(23(25)33)10-27-31-12-17(8-21(22)31)18-9-26-30(13-18)14(2)3/h8-10,12-16,20,28,32H,5-7,11H2,1-4H3,(H2,25,33)/t15-,16+,20-/m1/s1. The molecule has 0 bridgehead atoms. The molecule has 2 amide bonds. The maximum atomic E-state index is 12.3. The maximum Gasteiger partial charge on any atom is 0.252 e. The SMILES string of the molecule is CC[C@H]1CN(C(=O)[C@@H](C)O)CC[C@H]1Nc1c(C(N)=O)cnn2cc(-c3cnn(C(C)C)c3)cc12. The molecule has 0 saturated carbocycles. The Bertz CT molecular complexity index is 1200. The first-order valence-electron chi connectivity index (χ1n) is 11.8. The van der Waals surface area contributed by atoms with Gasteiger partial charge in [0, 0.05) is 48.7 Å². The first-order chi connectivity index (χ1) is 16.2. The van der Waals surface area contributed by atoms with Gasteiger partial charge in [0.05, 0.1) is 29.2 Å². The summed E-state index contributed by atoms with van der Waals surface area (Å²) in [6.07, 6.45) is 7.73. The summed E-state index contributed by atoms with van der Waals surface area (Å²) in [6, 6.07) is 2.27. The molecule has 0 aromatic carbocycles. The number of nitrogens with zero attached hydrogens (tertiary/aromatic N) is 5. The van der Waals surface area contributed by atoms with E-state index in [4.69, 9.17) is 5.73 Å². The van der Waals surface area contributed by atoms with Crippen LogP contribution >= 0.6 is 0 Å². The molecule has 0 unspecified atom stereocenters. The van der Waals surface area contributed by atoms with Crippen molar-refractivity contribution in [3.63, 3.8) is 0 Å². The van der Waals surface area contributed by atoms with Crippen LogP contribution in [0.25, 0.3) is 16.6 Å². The number of aromatic nitrogens is 4. The number of likely N-dealkylation sites (tertiary alicyclic amines) is 1. The van der Waals surface area contributed by atoms with Gasteiger partial charge in [0.1, 0.15) is 6.10 Å². The molecule has 10 heteroatoms. The number of nitrogens with two attached hydrogens (primary N) is 1. The van der Waals surface area contributed by atoms with Gasteiger partial charge in [-0.05, 0) is 45.6 Å². The third kappa shape index (κ3) is 4.50. The number of primary amides is 1. The number of fused-ring (bicyclic) bond motifs is 1. The Kier molecular flexibility index (Phi) is 6.60. The zero-order valence-electron chi connectivity index (χ0n) is 20.1.